The molecule has 2 rings (SSSR count). The number of aryl methyl sites for hydroxylation is 2. The monoisotopic (exact) mass is 260 g/mol. The summed E-state index contributed by atoms with van der Waals surface area (Å²) in [6, 6.07) is 5.41. The first kappa shape index (κ1) is 13.1. The van der Waals surface area contributed by atoms with Crippen molar-refractivity contribution in [2.75, 3.05) is 12.4 Å². The first-order valence-electron chi connectivity index (χ1n) is 5.90. The number of anilines is 1. The summed E-state index contributed by atoms with van der Waals surface area (Å²) in [4.78, 5) is 16.0. The van der Waals surface area contributed by atoms with E-state index in [2.05, 4.69) is 15.4 Å². The fraction of sp³-hybridized carbons (Fsp3) is 0.308. The van der Waals surface area contributed by atoms with Gasteiger partial charge in [0.2, 0.25) is 11.8 Å². The molecule has 0 radical (unpaired) electrons. The molecule has 2 aromatic rings. The van der Waals surface area contributed by atoms with Crippen LogP contribution in [-0.4, -0.2) is 27.8 Å². The van der Waals surface area contributed by atoms with Gasteiger partial charge in [-0.05, 0) is 32.0 Å². The zero-order valence-corrected chi connectivity index (χ0v) is 11.2. The summed E-state index contributed by atoms with van der Waals surface area (Å²) in [5.41, 5.74) is 2.39. The van der Waals surface area contributed by atoms with Crippen molar-refractivity contribution < 1.29 is 9.53 Å². The van der Waals surface area contributed by atoms with E-state index in [0.29, 0.717) is 11.6 Å². The molecule has 0 saturated carbocycles. The van der Waals surface area contributed by atoms with Crippen LogP contribution in [0.15, 0.2) is 24.4 Å². The van der Waals surface area contributed by atoms with E-state index in [-0.39, 0.29) is 12.5 Å². The molecule has 0 spiro atoms. The van der Waals surface area contributed by atoms with Crippen molar-refractivity contribution in [2.45, 2.75) is 20.4 Å². The molecule has 0 aliphatic carbocycles. The van der Waals surface area contributed by atoms with E-state index in [4.69, 9.17) is 4.74 Å². The van der Waals surface area contributed by atoms with Gasteiger partial charge in [0, 0.05) is 11.9 Å². The molecule has 6 heteroatoms. The molecule has 0 bridgehead atoms. The Balaban J connectivity index is 2.07. The number of carbonyl (C=O) groups is 1. The lowest BCUT2D eigenvalue weighted by Gasteiger charge is -2.09. The quantitative estimate of drug-likeness (QED) is 0.905. The fourth-order valence-electron chi connectivity index (χ4n) is 1.81. The van der Waals surface area contributed by atoms with Gasteiger partial charge in [-0.25, -0.2) is 4.98 Å². The molecule has 0 unspecified atom stereocenters. The van der Waals surface area contributed by atoms with Crippen LogP contribution in [0.4, 0.5) is 5.69 Å². The molecular weight excluding hydrogens is 244 g/mol. The zero-order chi connectivity index (χ0) is 13.8. The third-order valence-electron chi connectivity index (χ3n) is 2.64. The number of methoxy groups -OCH3 is 1. The molecule has 2 heterocycles. The molecule has 2 aromatic heterocycles. The molecule has 0 aromatic carbocycles. The third kappa shape index (κ3) is 3.09. The number of aromatic nitrogens is 3. The van der Waals surface area contributed by atoms with Gasteiger partial charge in [-0.3, -0.25) is 9.48 Å². The second kappa shape index (κ2) is 5.51. The SMILES string of the molecule is COc1ncccc1NC(=O)Cn1nc(C)cc1C. The molecule has 0 aliphatic rings. The fourth-order valence-corrected chi connectivity index (χ4v) is 1.81. The molecule has 0 atom stereocenters. The van der Waals surface area contributed by atoms with Gasteiger partial charge in [0.1, 0.15) is 12.2 Å². The van der Waals surface area contributed by atoms with E-state index in [1.807, 2.05) is 19.9 Å². The van der Waals surface area contributed by atoms with Crippen LogP contribution in [0.25, 0.3) is 0 Å². The van der Waals surface area contributed by atoms with Crippen molar-refractivity contribution in [3.8, 4) is 5.88 Å². The summed E-state index contributed by atoms with van der Waals surface area (Å²) >= 11 is 0. The summed E-state index contributed by atoms with van der Waals surface area (Å²) in [6.07, 6.45) is 1.61. The highest BCUT2D eigenvalue weighted by Crippen LogP contribution is 2.19. The number of amides is 1. The van der Waals surface area contributed by atoms with Gasteiger partial charge >= 0.3 is 0 Å². The number of rotatable bonds is 4. The van der Waals surface area contributed by atoms with Crippen molar-refractivity contribution >= 4 is 11.6 Å². The molecular formula is C13H16N4O2. The number of nitrogens with one attached hydrogen (secondary N) is 1. The maximum atomic E-state index is 12.0. The molecule has 0 aliphatic heterocycles. The van der Waals surface area contributed by atoms with Crippen LogP contribution in [0.2, 0.25) is 0 Å². The highest BCUT2D eigenvalue weighted by atomic mass is 16.5. The summed E-state index contributed by atoms with van der Waals surface area (Å²) in [5, 5.41) is 7.00. The minimum absolute atomic E-state index is 0.164. The minimum Gasteiger partial charge on any atom is -0.480 e. The minimum atomic E-state index is -0.169. The van der Waals surface area contributed by atoms with Gasteiger partial charge in [-0.2, -0.15) is 5.10 Å². The van der Waals surface area contributed by atoms with Crippen LogP contribution in [0.5, 0.6) is 5.88 Å². The van der Waals surface area contributed by atoms with Gasteiger partial charge in [0.25, 0.3) is 0 Å². The smallest absolute Gasteiger partial charge is 0.246 e. The van der Waals surface area contributed by atoms with Crippen LogP contribution in [-0.2, 0) is 11.3 Å². The molecule has 0 saturated heterocycles. The van der Waals surface area contributed by atoms with Crippen molar-refractivity contribution in [3.63, 3.8) is 0 Å². The Kier molecular flexibility index (Phi) is 3.79. The number of ether oxygens (including phenoxy) is 1. The standard InChI is InChI=1S/C13H16N4O2/c1-9-7-10(2)17(16-9)8-12(18)15-11-5-4-6-14-13(11)19-3/h4-7H,8H2,1-3H3,(H,15,18). The van der Waals surface area contributed by atoms with Gasteiger partial charge in [0.05, 0.1) is 12.8 Å². The van der Waals surface area contributed by atoms with E-state index >= 15 is 0 Å². The van der Waals surface area contributed by atoms with E-state index in [9.17, 15) is 4.79 Å². The maximum absolute atomic E-state index is 12.0. The number of hydrogen-bond donors (Lipinski definition) is 1. The maximum Gasteiger partial charge on any atom is 0.246 e. The molecule has 100 valence electrons. The molecule has 1 N–H and O–H groups in total. The van der Waals surface area contributed by atoms with Crippen LogP contribution in [0.1, 0.15) is 11.4 Å². The molecule has 6 nitrogen and oxygen atoms in total. The summed E-state index contributed by atoms with van der Waals surface area (Å²) in [6.45, 7) is 3.97. The van der Waals surface area contributed by atoms with Crippen LogP contribution >= 0.6 is 0 Å². The Hall–Kier alpha value is -2.37. The lowest BCUT2D eigenvalue weighted by molar-refractivity contribution is -0.117. The number of carbonyl (C=O) groups excluding carboxylic acids is 1. The molecule has 1 amide bonds. The highest BCUT2D eigenvalue weighted by molar-refractivity contribution is 5.91. The first-order chi connectivity index (χ1) is 9.10. The second-order valence-electron chi connectivity index (χ2n) is 4.19. The van der Waals surface area contributed by atoms with Crippen molar-refractivity contribution in [1.29, 1.82) is 0 Å². The number of hydrogen-bond acceptors (Lipinski definition) is 4. The Morgan fingerprint density at radius 2 is 2.26 bits per heavy atom. The predicted molar refractivity (Wildman–Crippen MR) is 71.1 cm³/mol. The van der Waals surface area contributed by atoms with Gasteiger partial charge in [-0.1, -0.05) is 0 Å². The molecule has 0 fully saturated rings. The highest BCUT2D eigenvalue weighted by Gasteiger charge is 2.10. The van der Waals surface area contributed by atoms with E-state index in [1.54, 1.807) is 23.0 Å². The summed E-state index contributed by atoms with van der Waals surface area (Å²) in [7, 11) is 1.51. The van der Waals surface area contributed by atoms with Gasteiger partial charge < -0.3 is 10.1 Å². The number of nitrogens with zero attached hydrogens (tertiary/aromatic N) is 3. The average molecular weight is 260 g/mol. The lowest BCUT2D eigenvalue weighted by Crippen LogP contribution is -2.20. The second-order valence-corrected chi connectivity index (χ2v) is 4.19. The normalized spacial score (nSPS) is 10.3. The number of pyridine rings is 1. The Morgan fingerprint density at radius 1 is 1.47 bits per heavy atom. The predicted octanol–water partition coefficient (Wildman–Crippen LogP) is 1.54. The summed E-state index contributed by atoms with van der Waals surface area (Å²) in [5.74, 6) is 0.224. The topological polar surface area (TPSA) is 69.0 Å². The van der Waals surface area contributed by atoms with Crippen LogP contribution in [0.3, 0.4) is 0 Å². The van der Waals surface area contributed by atoms with Gasteiger partial charge in [-0.15, -0.1) is 0 Å². The Morgan fingerprint density at radius 3 is 2.89 bits per heavy atom. The van der Waals surface area contributed by atoms with Crippen LogP contribution < -0.4 is 10.1 Å². The van der Waals surface area contributed by atoms with E-state index < -0.39 is 0 Å². The van der Waals surface area contributed by atoms with Crippen molar-refractivity contribution in [3.05, 3.63) is 35.8 Å². The van der Waals surface area contributed by atoms with Crippen molar-refractivity contribution in [1.82, 2.24) is 14.8 Å². The zero-order valence-electron chi connectivity index (χ0n) is 11.2. The third-order valence-corrected chi connectivity index (χ3v) is 2.64. The molecule has 19 heavy (non-hydrogen) atoms. The first-order valence-corrected chi connectivity index (χ1v) is 5.90. The van der Waals surface area contributed by atoms with E-state index in [1.165, 1.54) is 7.11 Å². The Labute approximate surface area is 111 Å². The van der Waals surface area contributed by atoms with Crippen LogP contribution in [0, 0.1) is 13.8 Å². The summed E-state index contributed by atoms with van der Waals surface area (Å²) < 4.78 is 6.74. The van der Waals surface area contributed by atoms with Crippen molar-refractivity contribution in [2.24, 2.45) is 0 Å². The largest absolute Gasteiger partial charge is 0.480 e. The van der Waals surface area contributed by atoms with E-state index in [0.717, 1.165) is 11.4 Å². The Bertz CT molecular complexity index is 592. The van der Waals surface area contributed by atoms with Gasteiger partial charge in [0.15, 0.2) is 0 Å². The average Bonchev–Trinajstić information content (AvgIpc) is 2.68. The lowest BCUT2D eigenvalue weighted by atomic mass is 10.4.